The van der Waals surface area contributed by atoms with Crippen LogP contribution in [-0.2, 0) is 14.2 Å². The van der Waals surface area contributed by atoms with E-state index in [2.05, 4.69) is 12.2 Å². The summed E-state index contributed by atoms with van der Waals surface area (Å²) < 4.78 is 15.9. The first-order valence-electron chi connectivity index (χ1n) is 6.05. The SMILES string of the molecule is COCCNCC1(CCOC)CCOC1C. The topological polar surface area (TPSA) is 39.7 Å². The first-order chi connectivity index (χ1) is 7.75. The van der Waals surface area contributed by atoms with Crippen molar-refractivity contribution in [3.63, 3.8) is 0 Å². The summed E-state index contributed by atoms with van der Waals surface area (Å²) in [5.74, 6) is 0. The van der Waals surface area contributed by atoms with Gasteiger partial charge in [0.05, 0.1) is 12.7 Å². The van der Waals surface area contributed by atoms with Gasteiger partial charge in [0, 0.05) is 45.9 Å². The summed E-state index contributed by atoms with van der Waals surface area (Å²) in [6.07, 6.45) is 2.50. The van der Waals surface area contributed by atoms with E-state index >= 15 is 0 Å². The second-order valence-corrected chi connectivity index (χ2v) is 4.54. The molecule has 1 heterocycles. The fourth-order valence-electron chi connectivity index (χ4n) is 2.28. The van der Waals surface area contributed by atoms with E-state index < -0.39 is 0 Å². The lowest BCUT2D eigenvalue weighted by Crippen LogP contribution is -2.41. The summed E-state index contributed by atoms with van der Waals surface area (Å²) in [4.78, 5) is 0. The Morgan fingerprint density at radius 3 is 2.62 bits per heavy atom. The van der Waals surface area contributed by atoms with Gasteiger partial charge in [0.25, 0.3) is 0 Å². The van der Waals surface area contributed by atoms with Crippen molar-refractivity contribution in [2.75, 3.05) is 47.1 Å². The molecule has 0 aromatic heterocycles. The minimum Gasteiger partial charge on any atom is -0.385 e. The molecule has 1 fully saturated rings. The fourth-order valence-corrected chi connectivity index (χ4v) is 2.28. The van der Waals surface area contributed by atoms with E-state index in [1.54, 1.807) is 14.2 Å². The zero-order valence-electron chi connectivity index (χ0n) is 10.8. The third kappa shape index (κ3) is 3.70. The van der Waals surface area contributed by atoms with Crippen molar-refractivity contribution in [2.45, 2.75) is 25.9 Å². The number of methoxy groups -OCH3 is 2. The Kier molecular flexibility index (Phi) is 6.28. The van der Waals surface area contributed by atoms with Gasteiger partial charge in [0.15, 0.2) is 0 Å². The molecule has 0 aliphatic carbocycles. The molecule has 2 unspecified atom stereocenters. The number of ether oxygens (including phenoxy) is 3. The van der Waals surface area contributed by atoms with E-state index in [0.717, 1.165) is 45.8 Å². The van der Waals surface area contributed by atoms with Crippen LogP contribution in [0.1, 0.15) is 19.8 Å². The third-order valence-corrected chi connectivity index (χ3v) is 3.59. The quantitative estimate of drug-likeness (QED) is 0.634. The molecule has 1 aliphatic rings. The summed E-state index contributed by atoms with van der Waals surface area (Å²) >= 11 is 0. The Balaban J connectivity index is 2.37. The van der Waals surface area contributed by atoms with E-state index in [0.29, 0.717) is 6.10 Å². The maximum absolute atomic E-state index is 5.70. The second-order valence-electron chi connectivity index (χ2n) is 4.54. The molecule has 4 heteroatoms. The van der Waals surface area contributed by atoms with Crippen molar-refractivity contribution in [1.82, 2.24) is 5.32 Å². The predicted molar refractivity (Wildman–Crippen MR) is 63.7 cm³/mol. The average Bonchev–Trinajstić information content (AvgIpc) is 2.64. The van der Waals surface area contributed by atoms with Gasteiger partial charge < -0.3 is 19.5 Å². The van der Waals surface area contributed by atoms with E-state index in [-0.39, 0.29) is 5.41 Å². The number of hydrogen-bond donors (Lipinski definition) is 1. The summed E-state index contributed by atoms with van der Waals surface area (Å²) in [5, 5.41) is 3.45. The van der Waals surface area contributed by atoms with Crippen molar-refractivity contribution in [2.24, 2.45) is 5.41 Å². The lowest BCUT2D eigenvalue weighted by molar-refractivity contribution is 0.0411. The third-order valence-electron chi connectivity index (χ3n) is 3.59. The molecule has 0 bridgehead atoms. The molecular formula is C12H25NO3. The lowest BCUT2D eigenvalue weighted by atomic mass is 9.78. The minimum absolute atomic E-state index is 0.240. The highest BCUT2D eigenvalue weighted by atomic mass is 16.5. The summed E-state index contributed by atoms with van der Waals surface area (Å²) in [5.41, 5.74) is 0.240. The number of nitrogens with one attached hydrogen (secondary N) is 1. The standard InChI is InChI=1S/C12H25NO3/c1-11-12(4-7-14-2,5-8-16-11)10-13-6-9-15-3/h11,13H,4-10H2,1-3H3. The van der Waals surface area contributed by atoms with Gasteiger partial charge in [-0.1, -0.05) is 0 Å². The molecule has 0 aromatic carbocycles. The second kappa shape index (κ2) is 7.22. The van der Waals surface area contributed by atoms with Crippen LogP contribution in [-0.4, -0.2) is 53.2 Å². The first-order valence-corrected chi connectivity index (χ1v) is 6.05. The van der Waals surface area contributed by atoms with Gasteiger partial charge in [-0.05, 0) is 19.8 Å². The molecule has 0 amide bonds. The molecule has 1 aliphatic heterocycles. The summed E-state index contributed by atoms with van der Waals surface area (Å²) in [7, 11) is 3.48. The van der Waals surface area contributed by atoms with Crippen molar-refractivity contribution in [1.29, 1.82) is 0 Å². The Hall–Kier alpha value is -0.160. The van der Waals surface area contributed by atoms with Crippen molar-refractivity contribution in [3.8, 4) is 0 Å². The Bertz CT molecular complexity index is 189. The normalized spacial score (nSPS) is 29.8. The number of hydrogen-bond acceptors (Lipinski definition) is 4. The van der Waals surface area contributed by atoms with Crippen molar-refractivity contribution >= 4 is 0 Å². The average molecular weight is 231 g/mol. The highest BCUT2D eigenvalue weighted by molar-refractivity contribution is 4.91. The Morgan fingerprint density at radius 2 is 2.06 bits per heavy atom. The molecule has 2 atom stereocenters. The highest BCUT2D eigenvalue weighted by Gasteiger charge is 2.40. The van der Waals surface area contributed by atoms with Gasteiger partial charge >= 0.3 is 0 Å². The van der Waals surface area contributed by atoms with E-state index in [9.17, 15) is 0 Å². The molecule has 0 radical (unpaired) electrons. The van der Waals surface area contributed by atoms with Crippen LogP contribution in [0.25, 0.3) is 0 Å². The maximum atomic E-state index is 5.70. The van der Waals surface area contributed by atoms with Crippen LogP contribution in [0.3, 0.4) is 0 Å². The molecule has 1 rings (SSSR count). The van der Waals surface area contributed by atoms with Crippen molar-refractivity contribution < 1.29 is 14.2 Å². The van der Waals surface area contributed by atoms with Gasteiger partial charge in [-0.15, -0.1) is 0 Å². The molecule has 0 spiro atoms. The molecule has 1 N–H and O–H groups in total. The molecule has 16 heavy (non-hydrogen) atoms. The van der Waals surface area contributed by atoms with Crippen LogP contribution < -0.4 is 5.32 Å². The van der Waals surface area contributed by atoms with Gasteiger partial charge in [-0.2, -0.15) is 0 Å². The lowest BCUT2D eigenvalue weighted by Gasteiger charge is -2.32. The van der Waals surface area contributed by atoms with Crippen LogP contribution in [0, 0.1) is 5.41 Å². The summed E-state index contributed by atoms with van der Waals surface area (Å²) in [6.45, 7) is 6.49. The van der Waals surface area contributed by atoms with E-state index in [4.69, 9.17) is 14.2 Å². The van der Waals surface area contributed by atoms with Gasteiger partial charge in [0.1, 0.15) is 0 Å². The van der Waals surface area contributed by atoms with Crippen LogP contribution in [0.15, 0.2) is 0 Å². The minimum atomic E-state index is 0.240. The van der Waals surface area contributed by atoms with E-state index in [1.165, 1.54) is 0 Å². The zero-order chi connectivity index (χ0) is 11.9. The molecule has 0 saturated carbocycles. The largest absolute Gasteiger partial charge is 0.385 e. The first kappa shape index (κ1) is 13.9. The monoisotopic (exact) mass is 231 g/mol. The van der Waals surface area contributed by atoms with Crippen LogP contribution >= 0.6 is 0 Å². The zero-order valence-corrected chi connectivity index (χ0v) is 10.8. The maximum Gasteiger partial charge on any atom is 0.0617 e. The molecule has 4 nitrogen and oxygen atoms in total. The predicted octanol–water partition coefficient (Wildman–Crippen LogP) is 1.05. The van der Waals surface area contributed by atoms with Crippen LogP contribution in [0.2, 0.25) is 0 Å². The van der Waals surface area contributed by atoms with Gasteiger partial charge in [0.2, 0.25) is 0 Å². The fraction of sp³-hybridized carbons (Fsp3) is 1.00. The molecule has 1 saturated heterocycles. The molecular weight excluding hydrogens is 206 g/mol. The smallest absolute Gasteiger partial charge is 0.0617 e. The number of rotatable bonds is 8. The van der Waals surface area contributed by atoms with Crippen LogP contribution in [0.5, 0.6) is 0 Å². The van der Waals surface area contributed by atoms with Crippen LogP contribution in [0.4, 0.5) is 0 Å². The van der Waals surface area contributed by atoms with Gasteiger partial charge in [-0.3, -0.25) is 0 Å². The van der Waals surface area contributed by atoms with Crippen molar-refractivity contribution in [3.05, 3.63) is 0 Å². The Morgan fingerprint density at radius 1 is 1.31 bits per heavy atom. The molecule has 0 aromatic rings. The molecule has 96 valence electrons. The highest BCUT2D eigenvalue weighted by Crippen LogP contribution is 2.37. The Labute approximate surface area is 98.6 Å². The van der Waals surface area contributed by atoms with E-state index in [1.807, 2.05) is 0 Å². The summed E-state index contributed by atoms with van der Waals surface area (Å²) in [6, 6.07) is 0. The van der Waals surface area contributed by atoms with Gasteiger partial charge in [-0.25, -0.2) is 0 Å².